The number of nitrogens with zero attached hydrogens (tertiary/aromatic N) is 1. The van der Waals surface area contributed by atoms with Gasteiger partial charge in [-0.2, -0.15) is 0 Å². The van der Waals surface area contributed by atoms with Crippen molar-refractivity contribution in [2.75, 3.05) is 7.05 Å². The van der Waals surface area contributed by atoms with Crippen LogP contribution in [0.15, 0.2) is 59.3 Å². The number of rotatable bonds is 3. The van der Waals surface area contributed by atoms with Crippen LogP contribution in [0, 0.1) is 5.82 Å². The van der Waals surface area contributed by atoms with Crippen molar-refractivity contribution in [3.8, 4) is 0 Å². The van der Waals surface area contributed by atoms with Gasteiger partial charge in [0.1, 0.15) is 5.82 Å². The minimum absolute atomic E-state index is 0.0706. The normalized spacial score (nSPS) is 12.5. The zero-order chi connectivity index (χ0) is 14.8. The predicted molar refractivity (Wildman–Crippen MR) is 86.7 cm³/mol. The summed E-state index contributed by atoms with van der Waals surface area (Å²) in [4.78, 5) is 4.15. The van der Waals surface area contributed by atoms with Gasteiger partial charge in [0.05, 0.1) is 10.5 Å². The number of hydrogen-bond donors (Lipinski definition) is 1. The second-order valence-electron chi connectivity index (χ2n) is 4.84. The highest BCUT2D eigenvalue weighted by molar-refractivity contribution is 9.10. The summed E-state index contributed by atoms with van der Waals surface area (Å²) in [6.45, 7) is 0. The van der Waals surface area contributed by atoms with Crippen LogP contribution in [-0.4, -0.2) is 12.0 Å². The molecule has 0 aliphatic carbocycles. The van der Waals surface area contributed by atoms with E-state index in [0.717, 1.165) is 21.9 Å². The van der Waals surface area contributed by atoms with E-state index in [1.54, 1.807) is 18.3 Å². The molecule has 1 aromatic heterocycles. The fourth-order valence-electron chi connectivity index (χ4n) is 2.59. The van der Waals surface area contributed by atoms with E-state index in [0.29, 0.717) is 4.47 Å². The highest BCUT2D eigenvalue weighted by Crippen LogP contribution is 2.30. The molecule has 0 bridgehead atoms. The molecule has 4 heteroatoms. The molecule has 0 spiro atoms. The maximum Gasteiger partial charge on any atom is 0.137 e. The molecule has 21 heavy (non-hydrogen) atoms. The molecule has 3 aromatic rings. The highest BCUT2D eigenvalue weighted by Gasteiger charge is 2.16. The molecule has 1 N–H and O–H groups in total. The Hall–Kier alpha value is -1.78. The van der Waals surface area contributed by atoms with Gasteiger partial charge < -0.3 is 5.32 Å². The first-order valence-electron chi connectivity index (χ1n) is 6.65. The first kappa shape index (κ1) is 14.2. The summed E-state index contributed by atoms with van der Waals surface area (Å²) < 4.78 is 14.3. The molecule has 0 saturated carbocycles. The maximum atomic E-state index is 13.8. The molecular formula is C17H14BrFN2. The molecule has 2 aromatic carbocycles. The third-order valence-corrected chi connectivity index (χ3v) is 4.23. The monoisotopic (exact) mass is 344 g/mol. The van der Waals surface area contributed by atoms with Crippen LogP contribution in [0.5, 0.6) is 0 Å². The highest BCUT2D eigenvalue weighted by atomic mass is 79.9. The minimum atomic E-state index is -0.255. The van der Waals surface area contributed by atoms with E-state index >= 15 is 0 Å². The van der Waals surface area contributed by atoms with Crippen molar-refractivity contribution in [3.05, 3.63) is 76.3 Å². The fraction of sp³-hybridized carbons (Fsp3) is 0.118. The van der Waals surface area contributed by atoms with Gasteiger partial charge in [-0.3, -0.25) is 4.98 Å². The lowest BCUT2D eigenvalue weighted by molar-refractivity contribution is 0.611. The largest absolute Gasteiger partial charge is 0.309 e. The smallest absolute Gasteiger partial charge is 0.137 e. The fourth-order valence-corrected chi connectivity index (χ4v) is 2.84. The summed E-state index contributed by atoms with van der Waals surface area (Å²) in [6.07, 6.45) is 3.62. The summed E-state index contributed by atoms with van der Waals surface area (Å²) in [6, 6.07) is 13.2. The molecule has 0 aliphatic rings. The summed E-state index contributed by atoms with van der Waals surface area (Å²) in [5.41, 5.74) is 2.00. The molecule has 106 valence electrons. The number of aromatic nitrogens is 1. The first-order chi connectivity index (χ1) is 10.2. The van der Waals surface area contributed by atoms with Gasteiger partial charge in [0.15, 0.2) is 0 Å². The Morgan fingerprint density at radius 3 is 2.81 bits per heavy atom. The van der Waals surface area contributed by atoms with Crippen LogP contribution in [0.4, 0.5) is 4.39 Å². The number of hydrogen-bond acceptors (Lipinski definition) is 2. The Balaban J connectivity index is 2.16. The lowest BCUT2D eigenvalue weighted by Crippen LogP contribution is -2.18. The molecular weight excluding hydrogens is 331 g/mol. The van der Waals surface area contributed by atoms with Crippen LogP contribution in [0.3, 0.4) is 0 Å². The number of pyridine rings is 1. The van der Waals surface area contributed by atoms with E-state index in [9.17, 15) is 4.39 Å². The molecule has 1 heterocycles. The lowest BCUT2D eigenvalue weighted by Gasteiger charge is -2.19. The van der Waals surface area contributed by atoms with Gasteiger partial charge >= 0.3 is 0 Å². The van der Waals surface area contributed by atoms with Gasteiger partial charge in [0.2, 0.25) is 0 Å². The van der Waals surface area contributed by atoms with E-state index in [-0.39, 0.29) is 11.9 Å². The van der Waals surface area contributed by atoms with Crippen LogP contribution in [0.1, 0.15) is 17.2 Å². The van der Waals surface area contributed by atoms with Crippen LogP contribution in [-0.2, 0) is 0 Å². The van der Waals surface area contributed by atoms with Crippen LogP contribution in [0.25, 0.3) is 10.8 Å². The quantitative estimate of drug-likeness (QED) is 0.759. The average Bonchev–Trinajstić information content (AvgIpc) is 2.52. The van der Waals surface area contributed by atoms with Crippen molar-refractivity contribution in [1.29, 1.82) is 0 Å². The van der Waals surface area contributed by atoms with Crippen molar-refractivity contribution in [1.82, 2.24) is 10.3 Å². The second-order valence-corrected chi connectivity index (χ2v) is 5.69. The standard InChI is InChI=1S/C17H14BrFN2/c1-20-17(11-5-6-15(18)16(19)9-11)14-4-2-3-12-10-21-8-7-13(12)14/h2-10,17,20H,1H3. The number of fused-ring (bicyclic) bond motifs is 1. The molecule has 1 unspecified atom stereocenters. The summed E-state index contributed by atoms with van der Waals surface area (Å²) in [7, 11) is 1.88. The molecule has 2 nitrogen and oxygen atoms in total. The van der Waals surface area contributed by atoms with Crippen LogP contribution < -0.4 is 5.32 Å². The molecule has 0 fully saturated rings. The van der Waals surface area contributed by atoms with Gasteiger partial charge in [-0.15, -0.1) is 0 Å². The van der Waals surface area contributed by atoms with E-state index in [4.69, 9.17) is 0 Å². The predicted octanol–water partition coefficient (Wildman–Crippen LogP) is 4.45. The minimum Gasteiger partial charge on any atom is -0.309 e. The second kappa shape index (κ2) is 5.92. The summed E-state index contributed by atoms with van der Waals surface area (Å²) in [5.74, 6) is -0.255. The van der Waals surface area contributed by atoms with Crippen molar-refractivity contribution >= 4 is 26.7 Å². The van der Waals surface area contributed by atoms with Crippen molar-refractivity contribution in [2.45, 2.75) is 6.04 Å². The Bertz CT molecular complexity index is 783. The molecule has 3 rings (SSSR count). The summed E-state index contributed by atoms with van der Waals surface area (Å²) >= 11 is 3.19. The Labute approximate surface area is 131 Å². The molecule has 0 saturated heterocycles. The molecule has 0 radical (unpaired) electrons. The third-order valence-electron chi connectivity index (χ3n) is 3.59. The SMILES string of the molecule is CNC(c1ccc(Br)c(F)c1)c1cccc2cnccc12. The Morgan fingerprint density at radius 1 is 1.19 bits per heavy atom. The maximum absolute atomic E-state index is 13.8. The number of halogens is 2. The van der Waals surface area contributed by atoms with E-state index in [2.05, 4.69) is 32.3 Å². The van der Waals surface area contributed by atoms with Crippen molar-refractivity contribution in [2.24, 2.45) is 0 Å². The topological polar surface area (TPSA) is 24.9 Å². The van der Waals surface area contributed by atoms with Crippen molar-refractivity contribution < 1.29 is 4.39 Å². The summed E-state index contributed by atoms with van der Waals surface area (Å²) in [5, 5.41) is 5.47. The van der Waals surface area contributed by atoms with E-state index in [1.807, 2.05) is 37.5 Å². The van der Waals surface area contributed by atoms with Gasteiger partial charge in [-0.05, 0) is 57.7 Å². The zero-order valence-corrected chi connectivity index (χ0v) is 13.1. The van der Waals surface area contributed by atoms with Gasteiger partial charge in [-0.1, -0.05) is 24.3 Å². The van der Waals surface area contributed by atoms with Crippen LogP contribution >= 0.6 is 15.9 Å². The van der Waals surface area contributed by atoms with Crippen molar-refractivity contribution in [3.63, 3.8) is 0 Å². The molecule has 0 amide bonds. The van der Waals surface area contributed by atoms with E-state index in [1.165, 1.54) is 0 Å². The van der Waals surface area contributed by atoms with Gasteiger partial charge in [0, 0.05) is 17.8 Å². The number of nitrogens with one attached hydrogen (secondary N) is 1. The van der Waals surface area contributed by atoms with Gasteiger partial charge in [-0.25, -0.2) is 4.39 Å². The number of benzene rings is 2. The molecule has 0 aliphatic heterocycles. The molecule has 1 atom stereocenters. The Morgan fingerprint density at radius 2 is 2.05 bits per heavy atom. The average molecular weight is 345 g/mol. The third kappa shape index (κ3) is 2.69. The van der Waals surface area contributed by atoms with Crippen LogP contribution in [0.2, 0.25) is 0 Å². The first-order valence-corrected chi connectivity index (χ1v) is 7.45. The Kier molecular flexibility index (Phi) is 3.99. The van der Waals surface area contributed by atoms with Gasteiger partial charge in [0.25, 0.3) is 0 Å². The lowest BCUT2D eigenvalue weighted by atomic mass is 9.94. The van der Waals surface area contributed by atoms with E-state index < -0.39 is 0 Å². The zero-order valence-electron chi connectivity index (χ0n) is 11.5.